The van der Waals surface area contributed by atoms with E-state index in [0.29, 0.717) is 10.9 Å². The number of ketones is 1. The van der Waals surface area contributed by atoms with Crippen molar-refractivity contribution in [1.29, 1.82) is 5.26 Å². The zero-order valence-corrected chi connectivity index (χ0v) is 16.0. The van der Waals surface area contributed by atoms with E-state index in [0.717, 1.165) is 18.4 Å². The van der Waals surface area contributed by atoms with Crippen molar-refractivity contribution < 1.29 is 19.8 Å². The third kappa shape index (κ3) is 4.58. The molecule has 0 aliphatic carbocycles. The third-order valence-corrected chi connectivity index (χ3v) is 4.79. The highest BCUT2D eigenvalue weighted by Gasteiger charge is 2.20. The van der Waals surface area contributed by atoms with Crippen molar-refractivity contribution in [2.45, 2.75) is 32.6 Å². The molecule has 29 heavy (non-hydrogen) atoms. The van der Waals surface area contributed by atoms with Gasteiger partial charge in [-0.05, 0) is 37.0 Å². The predicted octanol–water partition coefficient (Wildman–Crippen LogP) is 3.95. The molecule has 2 aromatic carbocycles. The molecule has 2 N–H and O–H groups in total. The summed E-state index contributed by atoms with van der Waals surface area (Å²) in [4.78, 5) is 27.3. The standard InChI is InChI=1S/C23H20N2O4/c1-14-2-4-15(5-3-14)6-7-16-8-9-17-18(13-24)23(29)22(25-19(17)12-16)20(26)10-11-21(27)28/h2-5,8-9,12,29H,6-7,10-11H2,1H3,(H,27,28). The Balaban J connectivity index is 1.92. The molecule has 3 aromatic rings. The molecule has 0 saturated heterocycles. The van der Waals surface area contributed by atoms with Crippen LogP contribution in [-0.4, -0.2) is 26.9 Å². The summed E-state index contributed by atoms with van der Waals surface area (Å²) in [5.41, 5.74) is 3.54. The van der Waals surface area contributed by atoms with Crippen molar-refractivity contribution in [2.24, 2.45) is 0 Å². The number of rotatable bonds is 7. The summed E-state index contributed by atoms with van der Waals surface area (Å²) in [5.74, 6) is -2.21. The molecule has 0 spiro atoms. The first kappa shape index (κ1) is 20.0. The molecule has 0 saturated carbocycles. The number of hydrogen-bond acceptors (Lipinski definition) is 5. The predicted molar refractivity (Wildman–Crippen MR) is 108 cm³/mol. The van der Waals surface area contributed by atoms with Crippen LogP contribution in [0.25, 0.3) is 10.9 Å². The zero-order chi connectivity index (χ0) is 21.0. The van der Waals surface area contributed by atoms with Gasteiger partial charge >= 0.3 is 5.97 Å². The molecule has 0 atom stereocenters. The Labute approximate surface area is 168 Å². The van der Waals surface area contributed by atoms with E-state index < -0.39 is 17.5 Å². The van der Waals surface area contributed by atoms with E-state index in [1.165, 1.54) is 11.1 Å². The maximum Gasteiger partial charge on any atom is 0.303 e. The lowest BCUT2D eigenvalue weighted by Gasteiger charge is -2.10. The van der Waals surface area contributed by atoms with E-state index in [1.54, 1.807) is 12.1 Å². The number of aryl methyl sites for hydroxylation is 3. The lowest BCUT2D eigenvalue weighted by molar-refractivity contribution is -0.136. The Morgan fingerprint density at radius 2 is 1.69 bits per heavy atom. The Bertz CT molecular complexity index is 1130. The van der Waals surface area contributed by atoms with E-state index in [-0.39, 0.29) is 24.1 Å². The van der Waals surface area contributed by atoms with Gasteiger partial charge < -0.3 is 10.2 Å². The number of nitriles is 1. The van der Waals surface area contributed by atoms with Gasteiger partial charge in [-0.2, -0.15) is 5.26 Å². The van der Waals surface area contributed by atoms with Crippen LogP contribution in [0.1, 0.15) is 45.6 Å². The number of aromatic nitrogens is 1. The summed E-state index contributed by atoms with van der Waals surface area (Å²) in [5, 5.41) is 29.0. The third-order valence-electron chi connectivity index (χ3n) is 4.79. The first-order valence-electron chi connectivity index (χ1n) is 9.25. The van der Waals surface area contributed by atoms with E-state index in [9.17, 15) is 20.0 Å². The largest absolute Gasteiger partial charge is 0.504 e. The van der Waals surface area contributed by atoms with E-state index in [2.05, 4.69) is 29.2 Å². The molecule has 1 heterocycles. The summed E-state index contributed by atoms with van der Waals surface area (Å²) in [6.45, 7) is 2.04. The second kappa shape index (κ2) is 8.53. The number of benzene rings is 2. The maximum absolute atomic E-state index is 12.3. The summed E-state index contributed by atoms with van der Waals surface area (Å²) in [6.07, 6.45) is 0.932. The minimum atomic E-state index is -1.11. The van der Waals surface area contributed by atoms with Gasteiger partial charge in [0.2, 0.25) is 0 Å². The number of carbonyl (C=O) groups excluding carboxylic acids is 1. The Kier molecular flexibility index (Phi) is 5.89. The van der Waals surface area contributed by atoms with Gasteiger partial charge in [0, 0.05) is 11.8 Å². The lowest BCUT2D eigenvalue weighted by Crippen LogP contribution is -2.07. The number of pyridine rings is 1. The number of nitrogens with zero attached hydrogens (tertiary/aromatic N) is 2. The fourth-order valence-corrected chi connectivity index (χ4v) is 3.15. The highest BCUT2D eigenvalue weighted by atomic mass is 16.4. The van der Waals surface area contributed by atoms with Crippen molar-refractivity contribution >= 4 is 22.7 Å². The molecular weight excluding hydrogens is 368 g/mol. The molecule has 3 rings (SSSR count). The normalized spacial score (nSPS) is 10.6. The number of carboxylic acid groups (broad SMARTS) is 1. The van der Waals surface area contributed by atoms with Crippen LogP contribution in [0.4, 0.5) is 0 Å². The molecule has 146 valence electrons. The summed E-state index contributed by atoms with van der Waals surface area (Å²) in [6, 6.07) is 15.6. The minimum absolute atomic E-state index is 0.0289. The highest BCUT2D eigenvalue weighted by Crippen LogP contribution is 2.30. The van der Waals surface area contributed by atoms with Gasteiger partial charge in [-0.15, -0.1) is 0 Å². The van der Waals surface area contributed by atoms with Gasteiger partial charge in [-0.1, -0.05) is 42.0 Å². The first-order chi connectivity index (χ1) is 13.9. The Morgan fingerprint density at radius 1 is 1.03 bits per heavy atom. The highest BCUT2D eigenvalue weighted by molar-refractivity contribution is 6.02. The quantitative estimate of drug-likeness (QED) is 0.593. The molecular formula is C23H20N2O4. The number of carbonyl (C=O) groups is 2. The van der Waals surface area contributed by atoms with Gasteiger partial charge in [-0.3, -0.25) is 9.59 Å². The fourth-order valence-electron chi connectivity index (χ4n) is 3.15. The number of aliphatic carboxylic acids is 1. The molecule has 0 amide bonds. The lowest BCUT2D eigenvalue weighted by atomic mass is 9.99. The van der Waals surface area contributed by atoms with Crippen LogP contribution in [-0.2, 0) is 17.6 Å². The van der Waals surface area contributed by atoms with Gasteiger partial charge in [-0.25, -0.2) is 4.98 Å². The van der Waals surface area contributed by atoms with Crippen LogP contribution in [0.15, 0.2) is 42.5 Å². The monoisotopic (exact) mass is 388 g/mol. The van der Waals surface area contributed by atoms with Crippen molar-refractivity contribution in [1.82, 2.24) is 4.98 Å². The fraction of sp³-hybridized carbons (Fsp3) is 0.217. The zero-order valence-electron chi connectivity index (χ0n) is 16.0. The number of hydrogen-bond donors (Lipinski definition) is 2. The molecule has 0 radical (unpaired) electrons. The molecule has 0 aliphatic heterocycles. The summed E-state index contributed by atoms with van der Waals surface area (Å²) in [7, 11) is 0. The molecule has 0 unspecified atom stereocenters. The van der Waals surface area contributed by atoms with Crippen LogP contribution < -0.4 is 0 Å². The molecule has 0 fully saturated rings. The van der Waals surface area contributed by atoms with Crippen molar-refractivity contribution in [3.05, 3.63) is 70.4 Å². The van der Waals surface area contributed by atoms with Crippen LogP contribution >= 0.6 is 0 Å². The Morgan fingerprint density at radius 3 is 2.34 bits per heavy atom. The number of Topliss-reactive ketones (excluding diaryl/α,β-unsaturated/α-hetero) is 1. The first-order valence-corrected chi connectivity index (χ1v) is 9.25. The van der Waals surface area contributed by atoms with Crippen LogP contribution in [0.2, 0.25) is 0 Å². The van der Waals surface area contributed by atoms with Crippen molar-refractivity contribution in [2.75, 3.05) is 0 Å². The topological polar surface area (TPSA) is 111 Å². The van der Waals surface area contributed by atoms with Crippen LogP contribution in [0.5, 0.6) is 5.75 Å². The van der Waals surface area contributed by atoms with Gasteiger partial charge in [0.1, 0.15) is 17.3 Å². The molecule has 0 aliphatic rings. The second-order valence-corrected chi connectivity index (χ2v) is 6.95. The average molecular weight is 388 g/mol. The summed E-state index contributed by atoms with van der Waals surface area (Å²) < 4.78 is 0. The number of carboxylic acids is 1. The molecule has 0 bridgehead atoms. The Hall–Kier alpha value is -3.72. The van der Waals surface area contributed by atoms with E-state index in [4.69, 9.17) is 5.11 Å². The molecule has 6 heteroatoms. The second-order valence-electron chi connectivity index (χ2n) is 6.95. The minimum Gasteiger partial charge on any atom is -0.504 e. The van der Waals surface area contributed by atoms with Gasteiger partial charge in [0.15, 0.2) is 11.5 Å². The number of fused-ring (bicyclic) bond motifs is 1. The molecule has 6 nitrogen and oxygen atoms in total. The van der Waals surface area contributed by atoms with E-state index in [1.807, 2.05) is 19.1 Å². The maximum atomic E-state index is 12.3. The summed E-state index contributed by atoms with van der Waals surface area (Å²) >= 11 is 0. The van der Waals surface area contributed by atoms with Crippen LogP contribution in [0.3, 0.4) is 0 Å². The average Bonchev–Trinajstić information content (AvgIpc) is 2.71. The van der Waals surface area contributed by atoms with Crippen molar-refractivity contribution in [3.8, 4) is 11.8 Å². The van der Waals surface area contributed by atoms with Gasteiger partial charge in [0.25, 0.3) is 0 Å². The van der Waals surface area contributed by atoms with Crippen molar-refractivity contribution in [3.63, 3.8) is 0 Å². The van der Waals surface area contributed by atoms with E-state index >= 15 is 0 Å². The molecule has 1 aromatic heterocycles. The SMILES string of the molecule is Cc1ccc(CCc2ccc3c(C#N)c(O)c(C(=O)CCC(=O)O)nc3c2)cc1. The smallest absolute Gasteiger partial charge is 0.303 e. The van der Waals surface area contributed by atoms with Crippen LogP contribution in [0, 0.1) is 18.3 Å². The number of aromatic hydroxyl groups is 1. The van der Waals surface area contributed by atoms with Gasteiger partial charge in [0.05, 0.1) is 11.9 Å².